The molecule has 9 heteroatoms. The minimum absolute atomic E-state index is 0.285. The number of ether oxygens (including phenoxy) is 2. The van der Waals surface area contributed by atoms with E-state index in [1.165, 1.54) is 24.3 Å². The summed E-state index contributed by atoms with van der Waals surface area (Å²) >= 11 is 0. The Hall–Kier alpha value is -1.87. The zero-order chi connectivity index (χ0) is 15.4. The lowest BCUT2D eigenvalue weighted by molar-refractivity contribution is -0.280. The number of aliphatic hydroxyl groups excluding tert-OH is 4. The van der Waals surface area contributed by atoms with E-state index >= 15 is 0 Å². The predicted molar refractivity (Wildman–Crippen MR) is 69.6 cm³/mol. The van der Waals surface area contributed by atoms with Gasteiger partial charge in [-0.3, -0.25) is 0 Å². The molecule has 0 aliphatic carbocycles. The van der Waals surface area contributed by atoms with Gasteiger partial charge in [-0.25, -0.2) is 0 Å². The fourth-order valence-corrected chi connectivity index (χ4v) is 2.00. The van der Waals surface area contributed by atoms with Crippen molar-refractivity contribution in [3.8, 4) is 5.75 Å². The summed E-state index contributed by atoms with van der Waals surface area (Å²) < 4.78 is 10.3. The molecule has 2 rings (SSSR count). The molecule has 1 aliphatic rings. The summed E-state index contributed by atoms with van der Waals surface area (Å²) in [6, 6.07) is 5.94. The van der Waals surface area contributed by atoms with Gasteiger partial charge in [-0.15, -0.1) is 0 Å². The maximum absolute atomic E-state index is 9.92. The highest BCUT2D eigenvalue weighted by Gasteiger charge is 2.45. The van der Waals surface area contributed by atoms with E-state index in [2.05, 4.69) is 10.0 Å². The molecular formula is C12H15N3O6. The zero-order valence-electron chi connectivity index (χ0n) is 10.9. The average Bonchev–Trinajstić information content (AvgIpc) is 2.49. The summed E-state index contributed by atoms with van der Waals surface area (Å²) in [6.45, 7) is -0.539. The highest BCUT2D eigenvalue weighted by atomic mass is 16.7. The fraction of sp³-hybridized carbons (Fsp3) is 0.500. The summed E-state index contributed by atoms with van der Waals surface area (Å²) in [5, 5.41) is 41.8. The Balaban J connectivity index is 2.09. The van der Waals surface area contributed by atoms with Gasteiger partial charge in [0, 0.05) is 10.6 Å². The van der Waals surface area contributed by atoms with Crippen LogP contribution in [0.25, 0.3) is 10.4 Å². The molecule has 4 N–H and O–H groups in total. The van der Waals surface area contributed by atoms with Crippen molar-refractivity contribution in [3.05, 3.63) is 34.7 Å². The molecule has 1 unspecified atom stereocenters. The van der Waals surface area contributed by atoms with E-state index in [0.717, 1.165) is 0 Å². The normalized spacial score (nSPS) is 32.3. The monoisotopic (exact) mass is 297 g/mol. The van der Waals surface area contributed by atoms with Crippen LogP contribution in [0.15, 0.2) is 29.4 Å². The predicted octanol–water partition coefficient (Wildman–Crippen LogP) is -0.193. The first-order valence-electron chi connectivity index (χ1n) is 6.19. The highest BCUT2D eigenvalue weighted by Crippen LogP contribution is 2.26. The van der Waals surface area contributed by atoms with Gasteiger partial charge < -0.3 is 29.9 Å². The average molecular weight is 297 g/mol. The van der Waals surface area contributed by atoms with Crippen LogP contribution in [-0.4, -0.2) is 57.7 Å². The van der Waals surface area contributed by atoms with Crippen LogP contribution in [0.2, 0.25) is 0 Å². The van der Waals surface area contributed by atoms with Gasteiger partial charge in [0.25, 0.3) is 0 Å². The van der Waals surface area contributed by atoms with Gasteiger partial charge in [0.15, 0.2) is 12.4 Å². The number of aliphatic hydroxyl groups is 4. The number of benzene rings is 1. The first-order chi connectivity index (χ1) is 10.1. The molecule has 1 saturated heterocycles. The van der Waals surface area contributed by atoms with Crippen LogP contribution in [0.3, 0.4) is 0 Å². The lowest BCUT2D eigenvalue weighted by Gasteiger charge is -2.39. The number of rotatable bonds is 4. The molecule has 9 nitrogen and oxygen atoms in total. The van der Waals surface area contributed by atoms with Gasteiger partial charge in [0.2, 0.25) is 0 Å². The SMILES string of the molecule is [N-]=[N+]=Nc1ccc(O[C@H]2C(O)O[C@H](CO)[C@@H](O)[C@@H]2O)cc1. The quantitative estimate of drug-likeness (QED) is 0.344. The third kappa shape index (κ3) is 3.42. The van der Waals surface area contributed by atoms with Crippen molar-refractivity contribution in [2.24, 2.45) is 5.11 Å². The molecule has 1 aromatic carbocycles. The second kappa shape index (κ2) is 6.72. The molecule has 0 amide bonds. The molecule has 0 saturated carbocycles. The van der Waals surface area contributed by atoms with Crippen molar-refractivity contribution in [1.29, 1.82) is 0 Å². The van der Waals surface area contributed by atoms with Crippen LogP contribution < -0.4 is 4.74 Å². The van der Waals surface area contributed by atoms with Crippen LogP contribution in [0.5, 0.6) is 5.75 Å². The second-order valence-corrected chi connectivity index (χ2v) is 4.49. The standard InChI is InChI=1S/C12H15N3O6/c13-15-14-6-1-3-7(4-2-6)20-11-10(18)9(17)8(5-16)21-12(11)19/h1-4,8-12,16-19H,5H2/t8-,9-,10+,11-,12?/m1/s1. The Morgan fingerprint density at radius 1 is 1.19 bits per heavy atom. The largest absolute Gasteiger partial charge is 0.482 e. The van der Waals surface area contributed by atoms with Crippen molar-refractivity contribution in [1.82, 2.24) is 0 Å². The Labute approximate surface area is 119 Å². The molecule has 0 aromatic heterocycles. The van der Waals surface area contributed by atoms with E-state index < -0.39 is 37.3 Å². The maximum Gasteiger partial charge on any atom is 0.195 e. The second-order valence-electron chi connectivity index (χ2n) is 4.49. The van der Waals surface area contributed by atoms with E-state index in [1.54, 1.807) is 0 Å². The van der Waals surface area contributed by atoms with E-state index in [9.17, 15) is 15.3 Å². The molecule has 1 heterocycles. The third-order valence-corrected chi connectivity index (χ3v) is 3.11. The van der Waals surface area contributed by atoms with Crippen molar-refractivity contribution < 1.29 is 29.9 Å². The third-order valence-electron chi connectivity index (χ3n) is 3.11. The molecule has 5 atom stereocenters. The molecular weight excluding hydrogens is 282 g/mol. The first-order valence-corrected chi connectivity index (χ1v) is 6.19. The van der Waals surface area contributed by atoms with Gasteiger partial charge in [-0.1, -0.05) is 5.11 Å². The molecule has 0 spiro atoms. The van der Waals surface area contributed by atoms with Crippen LogP contribution in [-0.2, 0) is 4.74 Å². The summed E-state index contributed by atoms with van der Waals surface area (Å²) in [5.41, 5.74) is 8.67. The first kappa shape index (κ1) is 15.5. The number of nitrogens with zero attached hydrogens (tertiary/aromatic N) is 3. The highest BCUT2D eigenvalue weighted by molar-refractivity contribution is 5.41. The van der Waals surface area contributed by atoms with Crippen molar-refractivity contribution in [2.75, 3.05) is 6.61 Å². The summed E-state index contributed by atoms with van der Waals surface area (Å²) in [4.78, 5) is 2.63. The van der Waals surface area contributed by atoms with Gasteiger partial charge in [0.1, 0.15) is 24.1 Å². The van der Waals surface area contributed by atoms with Gasteiger partial charge >= 0.3 is 0 Å². The zero-order valence-corrected chi connectivity index (χ0v) is 10.9. The lowest BCUT2D eigenvalue weighted by Crippen LogP contribution is -2.60. The summed E-state index contributed by atoms with van der Waals surface area (Å²) in [6.07, 6.45) is -6.61. The molecule has 0 bridgehead atoms. The van der Waals surface area contributed by atoms with Gasteiger partial charge in [-0.05, 0) is 29.8 Å². The number of hydrogen-bond acceptors (Lipinski definition) is 7. The van der Waals surface area contributed by atoms with Crippen molar-refractivity contribution >= 4 is 5.69 Å². The lowest BCUT2D eigenvalue weighted by atomic mass is 9.99. The minimum Gasteiger partial charge on any atom is -0.482 e. The Kier molecular flexibility index (Phi) is 4.97. The molecule has 1 fully saturated rings. The molecule has 0 radical (unpaired) electrons. The molecule has 1 aromatic rings. The van der Waals surface area contributed by atoms with E-state index in [0.29, 0.717) is 5.69 Å². The number of hydrogen-bond donors (Lipinski definition) is 4. The maximum atomic E-state index is 9.92. The van der Waals surface area contributed by atoms with Crippen LogP contribution >= 0.6 is 0 Å². The molecule has 114 valence electrons. The van der Waals surface area contributed by atoms with E-state index in [4.69, 9.17) is 20.1 Å². The van der Waals surface area contributed by atoms with Gasteiger partial charge in [0.05, 0.1) is 6.61 Å². The van der Waals surface area contributed by atoms with Crippen LogP contribution in [0, 0.1) is 0 Å². The molecule has 21 heavy (non-hydrogen) atoms. The van der Waals surface area contributed by atoms with E-state index in [-0.39, 0.29) is 5.75 Å². The summed E-state index contributed by atoms with van der Waals surface area (Å²) in [5.74, 6) is 0.285. The Morgan fingerprint density at radius 3 is 2.43 bits per heavy atom. The number of azide groups is 1. The Morgan fingerprint density at radius 2 is 1.86 bits per heavy atom. The Bertz CT molecular complexity index is 518. The van der Waals surface area contributed by atoms with E-state index in [1.807, 2.05) is 0 Å². The van der Waals surface area contributed by atoms with Crippen molar-refractivity contribution in [2.45, 2.75) is 30.7 Å². The van der Waals surface area contributed by atoms with Crippen molar-refractivity contribution in [3.63, 3.8) is 0 Å². The smallest absolute Gasteiger partial charge is 0.195 e. The van der Waals surface area contributed by atoms with Crippen LogP contribution in [0.4, 0.5) is 5.69 Å². The topological polar surface area (TPSA) is 148 Å². The minimum atomic E-state index is -1.50. The van der Waals surface area contributed by atoms with Gasteiger partial charge in [-0.2, -0.15) is 0 Å². The van der Waals surface area contributed by atoms with Crippen LogP contribution in [0.1, 0.15) is 0 Å². The summed E-state index contributed by atoms with van der Waals surface area (Å²) in [7, 11) is 0. The fourth-order valence-electron chi connectivity index (χ4n) is 2.00. The molecule has 1 aliphatic heterocycles.